The lowest BCUT2D eigenvalue weighted by atomic mass is 10.1. The van der Waals surface area contributed by atoms with Crippen molar-refractivity contribution < 1.29 is 9.59 Å². The highest BCUT2D eigenvalue weighted by Crippen LogP contribution is 2.42. The number of benzene rings is 4. The van der Waals surface area contributed by atoms with Crippen LogP contribution in [0.5, 0.6) is 0 Å². The van der Waals surface area contributed by atoms with Crippen molar-refractivity contribution in [2.24, 2.45) is 0 Å². The molecule has 1 N–H and O–H groups in total. The second-order valence-electron chi connectivity index (χ2n) is 9.75. The molecule has 0 atom stereocenters. The minimum absolute atomic E-state index is 0.0223. The van der Waals surface area contributed by atoms with Gasteiger partial charge in [0.15, 0.2) is 0 Å². The van der Waals surface area contributed by atoms with Crippen LogP contribution in [0.4, 0.5) is 11.4 Å². The summed E-state index contributed by atoms with van der Waals surface area (Å²) in [6.07, 6.45) is 1.91. The summed E-state index contributed by atoms with van der Waals surface area (Å²) < 4.78 is 0. The van der Waals surface area contributed by atoms with Gasteiger partial charge in [0.05, 0.1) is 17.1 Å². The van der Waals surface area contributed by atoms with Gasteiger partial charge in [0.1, 0.15) is 0 Å². The molecule has 202 valence electrons. The fourth-order valence-corrected chi connectivity index (χ4v) is 5.87. The Labute approximate surface area is 240 Å². The maximum Gasteiger partial charge on any atom is 0.265 e. The molecule has 4 aromatic rings. The predicted octanol–water partition coefficient (Wildman–Crippen LogP) is 6.93. The number of nitrogens with one attached hydrogen (secondary N) is 1. The number of nitrogens with zero attached hydrogens (tertiary/aromatic N) is 2. The van der Waals surface area contributed by atoms with Crippen molar-refractivity contribution in [2.75, 3.05) is 29.4 Å². The van der Waals surface area contributed by atoms with Crippen LogP contribution >= 0.6 is 11.8 Å². The number of likely N-dealkylation sites (N-methyl/N-ethyl adjacent to an activating group) is 1. The van der Waals surface area contributed by atoms with Gasteiger partial charge >= 0.3 is 0 Å². The minimum Gasteiger partial charge on any atom is -0.370 e. The SMILES string of the molecule is CCN(CCNC(=O)c1ccc(/C=C2/Sc3ccccc3N(Cc3cccc(C)c3)C2=O)cc1)c1ccccc1. The summed E-state index contributed by atoms with van der Waals surface area (Å²) in [5, 5.41) is 3.02. The Morgan fingerprint density at radius 1 is 0.925 bits per heavy atom. The normalized spacial score (nSPS) is 13.7. The lowest BCUT2D eigenvalue weighted by Crippen LogP contribution is -2.34. The van der Waals surface area contributed by atoms with Crippen LogP contribution in [0.2, 0.25) is 0 Å². The number of carbonyl (C=O) groups is 2. The molecule has 5 rings (SSSR count). The number of aryl methyl sites for hydroxylation is 1. The zero-order valence-electron chi connectivity index (χ0n) is 22.8. The number of hydrogen-bond acceptors (Lipinski definition) is 4. The average molecular weight is 548 g/mol. The first-order chi connectivity index (χ1) is 19.5. The molecule has 0 unspecified atom stereocenters. The number of amides is 2. The standard InChI is InChI=1S/C34H33N3O2S/c1-3-36(29-12-5-4-6-13-29)21-20-35-33(38)28-18-16-26(17-19-28)23-32-34(39)37(24-27-11-9-10-25(2)22-27)30-14-7-8-15-31(30)40-32/h4-19,22-23H,3,20-21,24H2,1-2H3,(H,35,38)/b32-23+. The van der Waals surface area contributed by atoms with Crippen LogP contribution in [0.1, 0.15) is 34.0 Å². The third-order valence-electron chi connectivity index (χ3n) is 6.90. The van der Waals surface area contributed by atoms with E-state index < -0.39 is 0 Å². The molecule has 5 nitrogen and oxygen atoms in total. The van der Waals surface area contributed by atoms with E-state index in [-0.39, 0.29) is 11.8 Å². The van der Waals surface area contributed by atoms with E-state index in [1.165, 1.54) is 17.3 Å². The molecule has 6 heteroatoms. The number of anilines is 2. The van der Waals surface area contributed by atoms with Crippen LogP contribution in [0.15, 0.2) is 113 Å². The number of fused-ring (bicyclic) bond motifs is 1. The van der Waals surface area contributed by atoms with Gasteiger partial charge in [-0.15, -0.1) is 0 Å². The van der Waals surface area contributed by atoms with E-state index in [1.54, 1.807) is 0 Å². The van der Waals surface area contributed by atoms with E-state index >= 15 is 0 Å². The third kappa shape index (κ3) is 6.46. The molecule has 0 spiro atoms. The highest BCUT2D eigenvalue weighted by Gasteiger charge is 2.29. The largest absolute Gasteiger partial charge is 0.370 e. The Hall–Kier alpha value is -4.29. The first-order valence-electron chi connectivity index (χ1n) is 13.6. The fraction of sp³-hybridized carbons (Fsp3) is 0.176. The van der Waals surface area contributed by atoms with Crippen molar-refractivity contribution in [1.82, 2.24) is 5.32 Å². The molecule has 2 amide bonds. The van der Waals surface area contributed by atoms with Crippen LogP contribution in [0.25, 0.3) is 6.08 Å². The van der Waals surface area contributed by atoms with Crippen molar-refractivity contribution in [1.29, 1.82) is 0 Å². The van der Waals surface area contributed by atoms with Crippen LogP contribution in [0.3, 0.4) is 0 Å². The Morgan fingerprint density at radius 2 is 1.68 bits per heavy atom. The number of rotatable bonds is 9. The van der Waals surface area contributed by atoms with Gasteiger partial charge < -0.3 is 15.1 Å². The molecule has 1 aliphatic rings. The van der Waals surface area contributed by atoms with Gasteiger partial charge in [-0.1, -0.05) is 84.1 Å². The van der Waals surface area contributed by atoms with Gasteiger partial charge in [0.25, 0.3) is 11.8 Å². The summed E-state index contributed by atoms with van der Waals surface area (Å²) in [6, 6.07) is 33.9. The van der Waals surface area contributed by atoms with E-state index in [9.17, 15) is 9.59 Å². The van der Waals surface area contributed by atoms with E-state index in [0.717, 1.165) is 40.5 Å². The molecule has 0 saturated carbocycles. The van der Waals surface area contributed by atoms with E-state index in [2.05, 4.69) is 60.5 Å². The summed E-state index contributed by atoms with van der Waals surface area (Å²) in [4.78, 5) is 32.2. The Balaban J connectivity index is 1.26. The Kier molecular flexibility index (Phi) is 8.67. The van der Waals surface area contributed by atoms with Crippen molar-refractivity contribution in [3.63, 3.8) is 0 Å². The highest BCUT2D eigenvalue weighted by atomic mass is 32.2. The number of para-hydroxylation sites is 2. The molecule has 1 heterocycles. The molecule has 4 aromatic carbocycles. The molecule has 1 aliphatic heterocycles. The molecule has 0 aromatic heterocycles. The quantitative estimate of drug-likeness (QED) is 0.231. The van der Waals surface area contributed by atoms with E-state index in [1.807, 2.05) is 77.7 Å². The highest BCUT2D eigenvalue weighted by molar-refractivity contribution is 8.04. The third-order valence-corrected chi connectivity index (χ3v) is 7.97. The van der Waals surface area contributed by atoms with Gasteiger partial charge in [-0.2, -0.15) is 0 Å². The summed E-state index contributed by atoms with van der Waals surface area (Å²) in [6.45, 7) is 6.83. The van der Waals surface area contributed by atoms with Crippen LogP contribution in [0, 0.1) is 6.92 Å². The smallest absolute Gasteiger partial charge is 0.265 e. The fourth-order valence-electron chi connectivity index (χ4n) is 4.81. The topological polar surface area (TPSA) is 52.7 Å². The van der Waals surface area contributed by atoms with Crippen LogP contribution in [-0.4, -0.2) is 31.4 Å². The maximum absolute atomic E-state index is 13.6. The van der Waals surface area contributed by atoms with Gasteiger partial charge in [0.2, 0.25) is 0 Å². The molecule has 0 saturated heterocycles. The first-order valence-corrected chi connectivity index (χ1v) is 14.4. The average Bonchev–Trinajstić information content (AvgIpc) is 2.98. The molecule has 0 fully saturated rings. The minimum atomic E-state index is -0.107. The van der Waals surface area contributed by atoms with E-state index in [0.29, 0.717) is 23.6 Å². The van der Waals surface area contributed by atoms with Gasteiger partial charge in [-0.05, 0) is 67.4 Å². The van der Waals surface area contributed by atoms with Crippen molar-refractivity contribution in [3.05, 3.63) is 130 Å². The number of carbonyl (C=O) groups excluding carboxylic acids is 2. The first kappa shape index (κ1) is 27.3. The zero-order chi connectivity index (χ0) is 27.9. The van der Waals surface area contributed by atoms with Gasteiger partial charge in [0, 0.05) is 35.8 Å². The van der Waals surface area contributed by atoms with Crippen LogP contribution in [-0.2, 0) is 11.3 Å². The summed E-state index contributed by atoms with van der Waals surface area (Å²) in [7, 11) is 0. The Bertz CT molecular complexity index is 1520. The summed E-state index contributed by atoms with van der Waals surface area (Å²) in [5.74, 6) is -0.129. The van der Waals surface area contributed by atoms with Gasteiger partial charge in [-0.25, -0.2) is 0 Å². The second kappa shape index (κ2) is 12.7. The number of thioether (sulfide) groups is 1. The Morgan fingerprint density at radius 3 is 2.42 bits per heavy atom. The predicted molar refractivity (Wildman–Crippen MR) is 166 cm³/mol. The van der Waals surface area contributed by atoms with Crippen molar-refractivity contribution >= 4 is 41.0 Å². The lowest BCUT2D eigenvalue weighted by molar-refractivity contribution is -0.114. The van der Waals surface area contributed by atoms with Gasteiger partial charge in [-0.3, -0.25) is 9.59 Å². The number of hydrogen-bond donors (Lipinski definition) is 1. The maximum atomic E-state index is 13.6. The molecule has 40 heavy (non-hydrogen) atoms. The molecular formula is C34H33N3O2S. The molecule has 0 aliphatic carbocycles. The lowest BCUT2D eigenvalue weighted by Gasteiger charge is -2.30. The monoisotopic (exact) mass is 547 g/mol. The van der Waals surface area contributed by atoms with Crippen LogP contribution < -0.4 is 15.1 Å². The summed E-state index contributed by atoms with van der Waals surface area (Å²) in [5.41, 5.74) is 5.81. The summed E-state index contributed by atoms with van der Waals surface area (Å²) >= 11 is 1.49. The zero-order valence-corrected chi connectivity index (χ0v) is 23.7. The van der Waals surface area contributed by atoms with Crippen molar-refractivity contribution in [3.8, 4) is 0 Å². The van der Waals surface area contributed by atoms with Crippen molar-refractivity contribution in [2.45, 2.75) is 25.3 Å². The second-order valence-corrected chi connectivity index (χ2v) is 10.8. The molecule has 0 radical (unpaired) electrons. The van der Waals surface area contributed by atoms with E-state index in [4.69, 9.17) is 0 Å². The molecular weight excluding hydrogens is 514 g/mol. The molecule has 0 bridgehead atoms.